The van der Waals surface area contributed by atoms with Gasteiger partial charge in [0.2, 0.25) is 0 Å². The predicted molar refractivity (Wildman–Crippen MR) is 82.9 cm³/mol. The van der Waals surface area contributed by atoms with Crippen LogP contribution < -0.4 is 0 Å². The van der Waals surface area contributed by atoms with E-state index in [4.69, 9.17) is 5.11 Å². The summed E-state index contributed by atoms with van der Waals surface area (Å²) in [4.78, 5) is 13.1. The molecule has 0 aliphatic carbocycles. The molecule has 0 spiro atoms. The van der Waals surface area contributed by atoms with Crippen LogP contribution in [0.15, 0.2) is 24.3 Å². The summed E-state index contributed by atoms with van der Waals surface area (Å²) in [5.41, 5.74) is 2.59. The van der Waals surface area contributed by atoms with Gasteiger partial charge < -0.3 is 5.11 Å². The molecule has 0 bridgehead atoms. The zero-order valence-corrected chi connectivity index (χ0v) is 13.1. The Morgan fingerprint density at radius 3 is 2.30 bits per heavy atom. The molecule has 0 radical (unpaired) electrons. The third-order valence-corrected chi connectivity index (χ3v) is 3.72. The van der Waals surface area contributed by atoms with E-state index in [1.54, 1.807) is 0 Å². The maximum absolute atomic E-state index is 10.7. The zero-order valence-electron chi connectivity index (χ0n) is 13.1. The lowest BCUT2D eigenvalue weighted by Gasteiger charge is -2.35. The Balaban J connectivity index is 2.80. The molecule has 3 heteroatoms. The highest BCUT2D eigenvalue weighted by atomic mass is 16.4. The largest absolute Gasteiger partial charge is 0.481 e. The Morgan fingerprint density at radius 2 is 1.85 bits per heavy atom. The number of aliphatic carboxylic acids is 1. The van der Waals surface area contributed by atoms with Crippen LogP contribution >= 0.6 is 0 Å². The van der Waals surface area contributed by atoms with Crippen LogP contribution in [-0.4, -0.2) is 28.6 Å². The van der Waals surface area contributed by atoms with Crippen LogP contribution in [-0.2, 0) is 4.79 Å². The topological polar surface area (TPSA) is 40.5 Å². The molecule has 112 valence electrons. The number of carbonyl (C=O) groups is 1. The second-order valence-electron chi connectivity index (χ2n) is 5.66. The Kier molecular flexibility index (Phi) is 6.73. The molecule has 0 saturated heterocycles. The number of benzene rings is 1. The summed E-state index contributed by atoms with van der Waals surface area (Å²) < 4.78 is 0. The standard InChI is InChI=1S/C17H27NO2/c1-5-16(15-10-8-14(4)9-11-15)18(13(2)3)12-6-7-17(19)20/h8-11,13,16H,5-7,12H2,1-4H3,(H,19,20). The van der Waals surface area contributed by atoms with E-state index in [-0.39, 0.29) is 6.42 Å². The number of rotatable bonds is 8. The number of hydrogen-bond acceptors (Lipinski definition) is 2. The molecule has 1 N–H and O–H groups in total. The second kappa shape index (κ2) is 8.05. The lowest BCUT2D eigenvalue weighted by molar-refractivity contribution is -0.137. The van der Waals surface area contributed by atoms with Gasteiger partial charge >= 0.3 is 5.97 Å². The van der Waals surface area contributed by atoms with Gasteiger partial charge in [0.05, 0.1) is 0 Å². The van der Waals surface area contributed by atoms with Crippen molar-refractivity contribution in [3.63, 3.8) is 0 Å². The first-order valence-corrected chi connectivity index (χ1v) is 7.49. The van der Waals surface area contributed by atoms with E-state index in [1.807, 2.05) is 0 Å². The van der Waals surface area contributed by atoms with Gasteiger partial charge in [-0.25, -0.2) is 0 Å². The average molecular weight is 277 g/mol. The molecular weight excluding hydrogens is 250 g/mol. The quantitative estimate of drug-likeness (QED) is 0.780. The van der Waals surface area contributed by atoms with E-state index in [0.717, 1.165) is 13.0 Å². The van der Waals surface area contributed by atoms with Gasteiger partial charge in [0, 0.05) is 18.5 Å². The molecule has 0 fully saturated rings. The molecule has 0 saturated carbocycles. The number of nitrogens with zero attached hydrogens (tertiary/aromatic N) is 1. The maximum Gasteiger partial charge on any atom is 0.303 e. The van der Waals surface area contributed by atoms with Crippen LogP contribution in [0.2, 0.25) is 0 Å². The molecular formula is C17H27NO2. The van der Waals surface area contributed by atoms with Crippen molar-refractivity contribution in [3.05, 3.63) is 35.4 Å². The molecule has 20 heavy (non-hydrogen) atoms. The van der Waals surface area contributed by atoms with Gasteiger partial charge in [0.1, 0.15) is 0 Å². The van der Waals surface area contributed by atoms with Gasteiger partial charge in [-0.15, -0.1) is 0 Å². The summed E-state index contributed by atoms with van der Waals surface area (Å²) in [6, 6.07) is 9.45. The van der Waals surface area contributed by atoms with Gasteiger partial charge in [-0.3, -0.25) is 9.69 Å². The summed E-state index contributed by atoms with van der Waals surface area (Å²) in [5.74, 6) is -0.711. The van der Waals surface area contributed by atoms with Gasteiger partial charge in [0.25, 0.3) is 0 Å². The summed E-state index contributed by atoms with van der Waals surface area (Å²) in [6.07, 6.45) is 1.98. The molecule has 1 aromatic carbocycles. The third-order valence-electron chi connectivity index (χ3n) is 3.72. The molecule has 0 aliphatic heterocycles. The van der Waals surface area contributed by atoms with Crippen molar-refractivity contribution >= 4 is 5.97 Å². The van der Waals surface area contributed by atoms with Crippen molar-refractivity contribution < 1.29 is 9.90 Å². The van der Waals surface area contributed by atoms with E-state index in [2.05, 4.69) is 56.9 Å². The lowest BCUT2D eigenvalue weighted by Crippen LogP contribution is -2.35. The highest BCUT2D eigenvalue weighted by Gasteiger charge is 2.21. The van der Waals surface area contributed by atoms with E-state index in [1.165, 1.54) is 11.1 Å². The highest BCUT2D eigenvalue weighted by molar-refractivity contribution is 5.66. The highest BCUT2D eigenvalue weighted by Crippen LogP contribution is 2.26. The fraction of sp³-hybridized carbons (Fsp3) is 0.588. The molecule has 1 rings (SSSR count). The van der Waals surface area contributed by atoms with Gasteiger partial charge in [-0.1, -0.05) is 36.8 Å². The molecule has 0 aromatic heterocycles. The van der Waals surface area contributed by atoms with E-state index in [9.17, 15) is 4.79 Å². The Bertz CT molecular complexity index is 412. The van der Waals surface area contributed by atoms with E-state index < -0.39 is 5.97 Å². The van der Waals surface area contributed by atoms with Crippen molar-refractivity contribution in [3.8, 4) is 0 Å². The summed E-state index contributed by atoms with van der Waals surface area (Å²) in [7, 11) is 0. The van der Waals surface area contributed by atoms with Gasteiger partial charge in [-0.05, 0) is 45.7 Å². The minimum absolute atomic E-state index is 0.244. The molecule has 0 amide bonds. The number of carboxylic acids is 1. The summed E-state index contributed by atoms with van der Waals surface area (Å²) in [6.45, 7) is 9.47. The zero-order chi connectivity index (χ0) is 15.1. The van der Waals surface area contributed by atoms with Crippen LogP contribution in [0, 0.1) is 6.92 Å². The lowest BCUT2D eigenvalue weighted by atomic mass is 9.99. The van der Waals surface area contributed by atoms with Crippen LogP contribution in [0.4, 0.5) is 0 Å². The van der Waals surface area contributed by atoms with Gasteiger partial charge in [0.15, 0.2) is 0 Å². The van der Waals surface area contributed by atoms with Crippen LogP contribution in [0.3, 0.4) is 0 Å². The third kappa shape index (κ3) is 4.97. The maximum atomic E-state index is 10.7. The fourth-order valence-corrected chi connectivity index (χ4v) is 2.64. The van der Waals surface area contributed by atoms with Crippen molar-refractivity contribution in [2.24, 2.45) is 0 Å². The average Bonchev–Trinajstić information content (AvgIpc) is 2.39. The van der Waals surface area contributed by atoms with Crippen molar-refractivity contribution in [2.75, 3.05) is 6.54 Å². The van der Waals surface area contributed by atoms with Crippen molar-refractivity contribution in [2.45, 2.75) is 59.0 Å². The minimum atomic E-state index is -0.711. The van der Waals surface area contributed by atoms with Crippen molar-refractivity contribution in [1.29, 1.82) is 0 Å². The molecule has 1 aromatic rings. The normalized spacial score (nSPS) is 12.9. The SMILES string of the molecule is CCC(c1ccc(C)cc1)N(CCCC(=O)O)C(C)C. The van der Waals surface area contributed by atoms with Crippen molar-refractivity contribution in [1.82, 2.24) is 4.90 Å². The van der Waals surface area contributed by atoms with Crippen LogP contribution in [0.1, 0.15) is 57.2 Å². The predicted octanol–water partition coefficient (Wildman–Crippen LogP) is 4.02. The van der Waals surface area contributed by atoms with Gasteiger partial charge in [-0.2, -0.15) is 0 Å². The van der Waals surface area contributed by atoms with E-state index in [0.29, 0.717) is 18.5 Å². The minimum Gasteiger partial charge on any atom is -0.481 e. The number of aryl methyl sites for hydroxylation is 1. The first-order valence-electron chi connectivity index (χ1n) is 7.49. The fourth-order valence-electron chi connectivity index (χ4n) is 2.64. The summed E-state index contributed by atoms with van der Waals surface area (Å²) in [5, 5.41) is 8.79. The number of hydrogen-bond donors (Lipinski definition) is 1. The first-order chi connectivity index (χ1) is 9.45. The molecule has 3 nitrogen and oxygen atoms in total. The molecule has 1 unspecified atom stereocenters. The molecule has 1 atom stereocenters. The smallest absolute Gasteiger partial charge is 0.303 e. The summed E-state index contributed by atoms with van der Waals surface area (Å²) >= 11 is 0. The monoisotopic (exact) mass is 277 g/mol. The van der Waals surface area contributed by atoms with Crippen LogP contribution in [0.5, 0.6) is 0 Å². The number of carboxylic acid groups (broad SMARTS) is 1. The van der Waals surface area contributed by atoms with Crippen LogP contribution in [0.25, 0.3) is 0 Å². The Morgan fingerprint density at radius 1 is 1.25 bits per heavy atom. The Labute approximate surface area is 122 Å². The second-order valence-corrected chi connectivity index (χ2v) is 5.66. The first kappa shape index (κ1) is 16.7. The Hall–Kier alpha value is -1.35. The molecule has 0 heterocycles. The molecule has 0 aliphatic rings. The van der Waals surface area contributed by atoms with E-state index >= 15 is 0 Å².